The summed E-state index contributed by atoms with van der Waals surface area (Å²) in [6, 6.07) is 0. The van der Waals surface area contributed by atoms with E-state index >= 15 is 0 Å². The van der Waals surface area contributed by atoms with E-state index in [1.54, 1.807) is 5.57 Å². The molecule has 0 heterocycles. The molecule has 2 atom stereocenters. The first-order valence-electron chi connectivity index (χ1n) is 4.12. The molecule has 2 rings (SSSR count). The van der Waals surface area contributed by atoms with Crippen molar-refractivity contribution >= 4 is 0 Å². The third-order valence-corrected chi connectivity index (χ3v) is 2.93. The second-order valence-corrected chi connectivity index (χ2v) is 3.76. The van der Waals surface area contributed by atoms with Crippen LogP contribution in [0.5, 0.6) is 0 Å². The van der Waals surface area contributed by atoms with Crippen molar-refractivity contribution in [2.75, 3.05) is 0 Å². The number of fused-ring (bicyclic) bond motifs is 1. The van der Waals surface area contributed by atoms with Crippen LogP contribution in [0.3, 0.4) is 0 Å². The Morgan fingerprint density at radius 3 is 3.10 bits per heavy atom. The van der Waals surface area contributed by atoms with E-state index in [1.165, 1.54) is 12.8 Å². The normalized spacial score (nSPS) is 43.8. The number of rotatable bonds is 0. The van der Waals surface area contributed by atoms with Gasteiger partial charge in [0.1, 0.15) is 0 Å². The van der Waals surface area contributed by atoms with Crippen LogP contribution in [0.1, 0.15) is 26.7 Å². The van der Waals surface area contributed by atoms with Crippen molar-refractivity contribution in [2.24, 2.45) is 11.3 Å². The monoisotopic (exact) mass is 134 g/mol. The Morgan fingerprint density at radius 2 is 2.40 bits per heavy atom. The molecular weight excluding hydrogens is 120 g/mol. The smallest absolute Gasteiger partial charge is 0.00714 e. The molecule has 2 aliphatic carbocycles. The third kappa shape index (κ3) is 0.622. The van der Waals surface area contributed by atoms with Crippen LogP contribution in [0.15, 0.2) is 23.8 Å². The predicted octanol–water partition coefficient (Wildman–Crippen LogP) is 2.92. The lowest BCUT2D eigenvalue weighted by Gasteiger charge is -2.19. The summed E-state index contributed by atoms with van der Waals surface area (Å²) in [5.41, 5.74) is 2.12. The topological polar surface area (TPSA) is 0 Å². The van der Waals surface area contributed by atoms with Crippen LogP contribution < -0.4 is 0 Å². The summed E-state index contributed by atoms with van der Waals surface area (Å²) in [5.74, 6) is 0.715. The summed E-state index contributed by atoms with van der Waals surface area (Å²) in [6.07, 6.45) is 9.77. The SMILES string of the molecule is CC1C=CC2(C)CCC=C12. The molecule has 2 unspecified atom stereocenters. The highest BCUT2D eigenvalue weighted by Crippen LogP contribution is 2.48. The molecule has 0 fully saturated rings. The molecule has 0 amide bonds. The van der Waals surface area contributed by atoms with Crippen LogP contribution in [0.2, 0.25) is 0 Å². The zero-order valence-corrected chi connectivity index (χ0v) is 6.72. The minimum atomic E-state index is 0.458. The van der Waals surface area contributed by atoms with Crippen molar-refractivity contribution in [3.8, 4) is 0 Å². The van der Waals surface area contributed by atoms with E-state index in [2.05, 4.69) is 32.1 Å². The van der Waals surface area contributed by atoms with Gasteiger partial charge in [-0.05, 0) is 18.8 Å². The molecule has 0 saturated heterocycles. The van der Waals surface area contributed by atoms with Crippen LogP contribution in [-0.4, -0.2) is 0 Å². The lowest BCUT2D eigenvalue weighted by atomic mass is 9.84. The maximum Gasteiger partial charge on any atom is 0.00714 e. The fourth-order valence-electron chi connectivity index (χ4n) is 2.25. The van der Waals surface area contributed by atoms with Crippen LogP contribution in [0.4, 0.5) is 0 Å². The molecule has 54 valence electrons. The van der Waals surface area contributed by atoms with Gasteiger partial charge < -0.3 is 0 Å². The molecule has 0 spiro atoms. The Balaban J connectivity index is 2.40. The minimum absolute atomic E-state index is 0.458. The zero-order chi connectivity index (χ0) is 7.19. The minimum Gasteiger partial charge on any atom is -0.0838 e. The van der Waals surface area contributed by atoms with Crippen molar-refractivity contribution < 1.29 is 0 Å². The Morgan fingerprint density at radius 1 is 1.60 bits per heavy atom. The van der Waals surface area contributed by atoms with E-state index in [0.717, 1.165) is 0 Å². The molecule has 0 heteroatoms. The van der Waals surface area contributed by atoms with Crippen LogP contribution >= 0.6 is 0 Å². The van der Waals surface area contributed by atoms with E-state index in [-0.39, 0.29) is 0 Å². The predicted molar refractivity (Wildman–Crippen MR) is 43.7 cm³/mol. The lowest BCUT2D eigenvalue weighted by Crippen LogP contribution is -2.09. The van der Waals surface area contributed by atoms with Gasteiger partial charge in [-0.3, -0.25) is 0 Å². The van der Waals surface area contributed by atoms with E-state index in [9.17, 15) is 0 Å². The molecule has 0 nitrogen and oxygen atoms in total. The van der Waals surface area contributed by atoms with Crippen molar-refractivity contribution in [1.82, 2.24) is 0 Å². The maximum atomic E-state index is 2.42. The fraction of sp³-hybridized carbons (Fsp3) is 0.600. The van der Waals surface area contributed by atoms with E-state index in [1.807, 2.05) is 0 Å². The highest BCUT2D eigenvalue weighted by atomic mass is 14.4. The zero-order valence-electron chi connectivity index (χ0n) is 6.72. The summed E-state index contributed by atoms with van der Waals surface area (Å²) in [7, 11) is 0. The van der Waals surface area contributed by atoms with Crippen molar-refractivity contribution in [2.45, 2.75) is 26.7 Å². The van der Waals surface area contributed by atoms with Gasteiger partial charge in [0, 0.05) is 5.41 Å². The summed E-state index contributed by atoms with van der Waals surface area (Å²) in [6.45, 7) is 4.64. The Hall–Kier alpha value is -0.520. The lowest BCUT2D eigenvalue weighted by molar-refractivity contribution is 0.502. The van der Waals surface area contributed by atoms with Gasteiger partial charge in [-0.25, -0.2) is 0 Å². The molecule has 0 bridgehead atoms. The first kappa shape index (κ1) is 6.21. The molecule has 0 radical (unpaired) electrons. The molecule has 2 aliphatic rings. The molecular formula is C10H14. The van der Waals surface area contributed by atoms with Crippen molar-refractivity contribution in [3.63, 3.8) is 0 Å². The van der Waals surface area contributed by atoms with E-state index in [4.69, 9.17) is 0 Å². The molecule has 0 aliphatic heterocycles. The van der Waals surface area contributed by atoms with E-state index in [0.29, 0.717) is 11.3 Å². The number of hydrogen-bond acceptors (Lipinski definition) is 0. The summed E-state index contributed by atoms with van der Waals surface area (Å²) in [4.78, 5) is 0. The largest absolute Gasteiger partial charge is 0.0838 e. The first-order valence-corrected chi connectivity index (χ1v) is 4.12. The van der Waals surface area contributed by atoms with Crippen LogP contribution in [0, 0.1) is 11.3 Å². The molecule has 0 aromatic heterocycles. The first-order chi connectivity index (χ1) is 4.72. The highest BCUT2D eigenvalue weighted by molar-refractivity contribution is 5.35. The number of hydrogen-bond donors (Lipinski definition) is 0. The number of allylic oxidation sites excluding steroid dienone is 4. The average Bonchev–Trinajstić information content (AvgIpc) is 2.35. The molecule has 0 saturated carbocycles. The quantitative estimate of drug-likeness (QED) is 0.447. The van der Waals surface area contributed by atoms with Gasteiger partial charge in [0.05, 0.1) is 0 Å². The van der Waals surface area contributed by atoms with Gasteiger partial charge in [0.25, 0.3) is 0 Å². The Labute approximate surface area is 62.6 Å². The Kier molecular flexibility index (Phi) is 1.08. The van der Waals surface area contributed by atoms with Gasteiger partial charge in [0.15, 0.2) is 0 Å². The third-order valence-electron chi connectivity index (χ3n) is 2.93. The maximum absolute atomic E-state index is 2.42. The summed E-state index contributed by atoms with van der Waals surface area (Å²) < 4.78 is 0. The highest BCUT2D eigenvalue weighted by Gasteiger charge is 2.35. The van der Waals surface area contributed by atoms with Crippen molar-refractivity contribution in [1.29, 1.82) is 0 Å². The molecule has 10 heavy (non-hydrogen) atoms. The van der Waals surface area contributed by atoms with Gasteiger partial charge >= 0.3 is 0 Å². The second kappa shape index (κ2) is 1.75. The Bertz CT molecular complexity index is 210. The molecule has 0 aromatic carbocycles. The average molecular weight is 134 g/mol. The standard InChI is InChI=1S/C10H14/c1-8-5-7-10(2)6-3-4-9(8)10/h4-5,7-8H,3,6H2,1-2H3. The molecule has 0 aromatic rings. The van der Waals surface area contributed by atoms with Gasteiger partial charge in [-0.15, -0.1) is 0 Å². The summed E-state index contributed by atoms with van der Waals surface area (Å²) >= 11 is 0. The second-order valence-electron chi connectivity index (χ2n) is 3.76. The fourth-order valence-corrected chi connectivity index (χ4v) is 2.25. The van der Waals surface area contributed by atoms with Gasteiger partial charge in [0.2, 0.25) is 0 Å². The molecule has 0 N–H and O–H groups in total. The van der Waals surface area contributed by atoms with E-state index < -0.39 is 0 Å². The summed E-state index contributed by atoms with van der Waals surface area (Å²) in [5, 5.41) is 0. The van der Waals surface area contributed by atoms with Gasteiger partial charge in [-0.2, -0.15) is 0 Å². The van der Waals surface area contributed by atoms with Gasteiger partial charge in [-0.1, -0.05) is 37.6 Å². The van der Waals surface area contributed by atoms with Crippen molar-refractivity contribution in [3.05, 3.63) is 23.8 Å². The van der Waals surface area contributed by atoms with Crippen LogP contribution in [-0.2, 0) is 0 Å². The van der Waals surface area contributed by atoms with Crippen LogP contribution in [0.25, 0.3) is 0 Å².